The molecule has 0 aliphatic heterocycles. The van der Waals surface area contributed by atoms with Crippen LogP contribution in [0.5, 0.6) is 0 Å². The zero-order valence-electron chi connectivity index (χ0n) is 5.93. The SMILES string of the molecule is CC(C)C(=O)O.[H-].[Rb+]. The van der Waals surface area contributed by atoms with Crippen molar-refractivity contribution in [1.82, 2.24) is 0 Å². The Hall–Kier alpha value is 1.28. The molecule has 0 heterocycles. The van der Waals surface area contributed by atoms with Crippen LogP contribution < -0.4 is 58.2 Å². The number of carboxylic acids is 1. The van der Waals surface area contributed by atoms with Gasteiger partial charge < -0.3 is 6.53 Å². The van der Waals surface area contributed by atoms with E-state index in [1.807, 2.05) is 0 Å². The van der Waals surface area contributed by atoms with Crippen molar-refractivity contribution in [1.29, 1.82) is 0 Å². The van der Waals surface area contributed by atoms with Crippen molar-refractivity contribution >= 4 is 5.97 Å². The third-order valence-electron chi connectivity index (χ3n) is 0.494. The predicted molar refractivity (Wildman–Crippen MR) is 23.6 cm³/mol. The Morgan fingerprint density at radius 2 is 1.86 bits per heavy atom. The van der Waals surface area contributed by atoms with Crippen molar-refractivity contribution in [2.24, 2.45) is 5.92 Å². The van der Waals surface area contributed by atoms with Gasteiger partial charge in [-0.2, -0.15) is 0 Å². The first-order valence-corrected chi connectivity index (χ1v) is 1.87. The molecule has 0 bridgehead atoms. The van der Waals surface area contributed by atoms with E-state index in [9.17, 15) is 4.79 Å². The molecule has 0 aromatic rings. The van der Waals surface area contributed by atoms with Crippen LogP contribution in [0.4, 0.5) is 0 Å². The standard InChI is InChI=1S/C4H8O2.Rb.H/c1-3(2)4(5)6;;/h3H,1-2H3,(H,5,6);;/q;+1;-1. The molecule has 0 atom stereocenters. The number of hydrogen-bond acceptors (Lipinski definition) is 1. The summed E-state index contributed by atoms with van der Waals surface area (Å²) in [5.41, 5.74) is 0. The van der Waals surface area contributed by atoms with Crippen molar-refractivity contribution in [3.8, 4) is 0 Å². The van der Waals surface area contributed by atoms with Crippen molar-refractivity contribution < 1.29 is 69.5 Å². The summed E-state index contributed by atoms with van der Waals surface area (Å²) in [6.45, 7) is 3.28. The van der Waals surface area contributed by atoms with Gasteiger partial charge in [0.2, 0.25) is 0 Å². The van der Waals surface area contributed by atoms with E-state index in [1.165, 1.54) is 0 Å². The van der Waals surface area contributed by atoms with E-state index in [4.69, 9.17) is 5.11 Å². The molecule has 0 aromatic carbocycles. The van der Waals surface area contributed by atoms with Crippen LogP contribution in [-0.4, -0.2) is 11.1 Å². The Balaban J connectivity index is -0.000000125. The smallest absolute Gasteiger partial charge is 1.00 e. The van der Waals surface area contributed by atoms with Gasteiger partial charge in [0.15, 0.2) is 0 Å². The van der Waals surface area contributed by atoms with Gasteiger partial charge in [-0.15, -0.1) is 0 Å². The molecule has 0 unspecified atom stereocenters. The molecule has 0 saturated carbocycles. The van der Waals surface area contributed by atoms with Crippen molar-refractivity contribution in [2.45, 2.75) is 13.8 Å². The number of aliphatic carboxylic acids is 1. The van der Waals surface area contributed by atoms with Gasteiger partial charge in [-0.3, -0.25) is 4.79 Å². The first kappa shape index (κ1) is 11.1. The van der Waals surface area contributed by atoms with Crippen molar-refractivity contribution in [3.63, 3.8) is 0 Å². The summed E-state index contributed by atoms with van der Waals surface area (Å²) in [5.74, 6) is -0.972. The fraction of sp³-hybridized carbons (Fsp3) is 0.750. The van der Waals surface area contributed by atoms with Gasteiger partial charge in [-0.25, -0.2) is 0 Å². The molecule has 0 spiro atoms. The predicted octanol–water partition coefficient (Wildman–Crippen LogP) is -2.16. The minimum Gasteiger partial charge on any atom is -1.00 e. The van der Waals surface area contributed by atoms with Gasteiger partial charge >= 0.3 is 64.2 Å². The van der Waals surface area contributed by atoms with Gasteiger partial charge in [0, 0.05) is 0 Å². The van der Waals surface area contributed by atoms with E-state index in [2.05, 4.69) is 0 Å². The summed E-state index contributed by atoms with van der Waals surface area (Å²) in [6.07, 6.45) is 0. The molecule has 0 amide bonds. The Morgan fingerprint density at radius 3 is 1.86 bits per heavy atom. The minimum absolute atomic E-state index is 0. The summed E-state index contributed by atoms with van der Waals surface area (Å²) in [5, 5.41) is 7.99. The molecule has 1 N–H and O–H groups in total. The molecule has 0 rings (SSSR count). The number of carboxylic acid groups (broad SMARTS) is 1. The van der Waals surface area contributed by atoms with Gasteiger partial charge in [0.1, 0.15) is 0 Å². The molecule has 0 aromatic heterocycles. The van der Waals surface area contributed by atoms with Crippen LogP contribution in [0.1, 0.15) is 15.3 Å². The van der Waals surface area contributed by atoms with Crippen LogP contribution in [0.15, 0.2) is 0 Å². The second-order valence-electron chi connectivity index (χ2n) is 1.49. The molecule has 38 valence electrons. The maximum Gasteiger partial charge on any atom is 1.00 e. The maximum absolute atomic E-state index is 9.70. The minimum atomic E-state index is -0.741. The first-order chi connectivity index (χ1) is 2.64. The fourth-order valence-electron chi connectivity index (χ4n) is 0. The van der Waals surface area contributed by atoms with E-state index in [-0.39, 0.29) is 65.5 Å². The molecule has 0 aliphatic rings. The summed E-state index contributed by atoms with van der Waals surface area (Å²) >= 11 is 0. The molecular weight excluding hydrogens is 166 g/mol. The van der Waals surface area contributed by atoms with Gasteiger partial charge in [-0.05, 0) is 0 Å². The monoisotopic (exact) mass is 174 g/mol. The molecule has 3 heteroatoms. The number of rotatable bonds is 1. The number of hydrogen-bond donors (Lipinski definition) is 1. The normalized spacial score (nSPS) is 7.86. The van der Waals surface area contributed by atoms with Gasteiger partial charge in [-0.1, -0.05) is 13.8 Å². The molecular formula is C4H9O2Rb. The topological polar surface area (TPSA) is 37.3 Å². The van der Waals surface area contributed by atoms with E-state index in [0.29, 0.717) is 0 Å². The molecule has 2 nitrogen and oxygen atoms in total. The fourth-order valence-corrected chi connectivity index (χ4v) is 0. The largest absolute Gasteiger partial charge is 1.00 e. The second kappa shape index (κ2) is 5.41. The number of carbonyl (C=O) groups is 1. The molecule has 0 fully saturated rings. The van der Waals surface area contributed by atoms with Crippen LogP contribution in [0.3, 0.4) is 0 Å². The van der Waals surface area contributed by atoms with E-state index in [0.717, 1.165) is 0 Å². The van der Waals surface area contributed by atoms with Gasteiger partial charge in [0.25, 0.3) is 0 Å². The average molecular weight is 175 g/mol. The molecule has 0 aliphatic carbocycles. The van der Waals surface area contributed by atoms with Crippen molar-refractivity contribution in [3.05, 3.63) is 0 Å². The van der Waals surface area contributed by atoms with Crippen LogP contribution >= 0.6 is 0 Å². The Bertz CT molecular complexity index is 65.1. The average Bonchev–Trinajstić information content (AvgIpc) is 1.36. The quantitative estimate of drug-likeness (QED) is 0.492. The molecule has 0 radical (unpaired) electrons. The van der Waals surface area contributed by atoms with E-state index < -0.39 is 5.97 Å². The summed E-state index contributed by atoms with van der Waals surface area (Å²) in [6, 6.07) is 0. The van der Waals surface area contributed by atoms with E-state index in [1.54, 1.807) is 13.8 Å². The van der Waals surface area contributed by atoms with E-state index >= 15 is 0 Å². The van der Waals surface area contributed by atoms with Gasteiger partial charge in [0.05, 0.1) is 5.92 Å². The second-order valence-corrected chi connectivity index (χ2v) is 1.49. The van der Waals surface area contributed by atoms with Crippen LogP contribution in [0, 0.1) is 5.92 Å². The van der Waals surface area contributed by atoms with Crippen LogP contribution in [0.25, 0.3) is 0 Å². The zero-order chi connectivity index (χ0) is 5.15. The maximum atomic E-state index is 9.70. The summed E-state index contributed by atoms with van der Waals surface area (Å²) in [7, 11) is 0. The Morgan fingerprint density at radius 1 is 1.71 bits per heavy atom. The first-order valence-electron chi connectivity index (χ1n) is 1.87. The molecule has 0 saturated heterocycles. The van der Waals surface area contributed by atoms with Crippen LogP contribution in [-0.2, 0) is 4.79 Å². The Labute approximate surface area is 93.6 Å². The van der Waals surface area contributed by atoms with Crippen LogP contribution in [0.2, 0.25) is 0 Å². The Kier molecular flexibility index (Phi) is 8.60. The third-order valence-corrected chi connectivity index (χ3v) is 0.494. The summed E-state index contributed by atoms with van der Waals surface area (Å²) in [4.78, 5) is 9.70. The summed E-state index contributed by atoms with van der Waals surface area (Å²) < 4.78 is 0. The zero-order valence-corrected chi connectivity index (χ0v) is 9.85. The van der Waals surface area contributed by atoms with Crippen molar-refractivity contribution in [2.75, 3.05) is 0 Å². The molecule has 7 heavy (non-hydrogen) atoms. The third kappa shape index (κ3) is 7.28.